The third kappa shape index (κ3) is 15.4. The number of ketones is 3. The van der Waals surface area contributed by atoms with Gasteiger partial charge in [-0.05, 0) is 107 Å². The van der Waals surface area contributed by atoms with Gasteiger partial charge in [0.15, 0.2) is 5.78 Å². The minimum absolute atomic E-state index is 0.00595. The molecule has 2 bridgehead atoms. The number of methoxy groups -OCH3 is 2. The number of nitrogens with two attached hydrogens (primary N) is 1. The lowest BCUT2D eigenvalue weighted by molar-refractivity contribution is -0.264. The van der Waals surface area contributed by atoms with Gasteiger partial charge < -0.3 is 50.2 Å². The number of nitrogens with zero attached hydrogens (tertiary/aromatic N) is 4. The molecule has 0 spiro atoms. The van der Waals surface area contributed by atoms with Crippen LogP contribution in [0.3, 0.4) is 0 Å². The summed E-state index contributed by atoms with van der Waals surface area (Å²) in [4.78, 5) is 86.9. The summed E-state index contributed by atoms with van der Waals surface area (Å²) in [6.45, 7) is 10.0. The maximum Gasteiger partial charge on any atom is 0.407 e. The fraction of sp³-hybridized carbons (Fsp3) is 0.720. The highest BCUT2D eigenvalue weighted by molar-refractivity contribution is 6.39. The number of hydrogen-bond donors (Lipinski definition) is 5. The molecule has 15 atom stereocenters. The van der Waals surface area contributed by atoms with E-state index in [0.717, 1.165) is 4.90 Å². The van der Waals surface area contributed by atoms with E-state index in [2.05, 4.69) is 15.3 Å². The summed E-state index contributed by atoms with van der Waals surface area (Å²) in [6.07, 6.45) is 7.72. The number of fused-ring (bicyclic) bond motifs is 3. The Bertz CT molecular complexity index is 2000. The topological polar surface area (TPSA) is 290 Å². The number of alkyl carbamates (subject to hydrolysis) is 1. The van der Waals surface area contributed by atoms with Gasteiger partial charge in [-0.3, -0.25) is 19.2 Å². The Labute approximate surface area is 405 Å². The number of piperidine rings is 1. The maximum absolute atomic E-state index is 14.4. The first-order valence-electron chi connectivity index (χ1n) is 24.4. The van der Waals surface area contributed by atoms with Crippen molar-refractivity contribution < 1.29 is 63.0 Å². The van der Waals surface area contributed by atoms with Gasteiger partial charge in [-0.2, -0.15) is 0 Å². The van der Waals surface area contributed by atoms with Gasteiger partial charge in [0.2, 0.25) is 5.79 Å². The minimum Gasteiger partial charge on any atom is -0.459 e. The molecule has 3 fully saturated rings. The molecule has 0 radical (unpaired) electrons. The summed E-state index contributed by atoms with van der Waals surface area (Å²) in [5.74, 6) is -9.34. The standard InChI is InChI=1S/C50H76N6O13/c1-28-14-10-9-11-15-29(2)38(53-49(64)67-8)26-35-19-17-33(6)50(65,69-35)46(61)47(62)56-21-13-12-16-39(56)48(63)68-41(36(51)24-34-18-20-37(54-55-52)42(25-34)66-7)27-40(57)30(3)23-32(5)44(59)45(60)43(58)31(4)22-28/h9-11,14-15,23,28,30-31,33-39,41-42,44-45,59-60,65H,12-13,16-22,24-27,51H2,1-8H3,(H,53,64)/b11-9+,14-10+,29-15+,32-23+/t28-,30-,31-,33-,34+,35+,36-,37?,38?,39+,41+,42-,44-,45+,50-/m1/s1. The van der Waals surface area contributed by atoms with Crippen LogP contribution >= 0.6 is 0 Å². The lowest BCUT2D eigenvalue weighted by Crippen LogP contribution is -2.61. The van der Waals surface area contributed by atoms with Crippen molar-refractivity contribution in [2.75, 3.05) is 20.8 Å². The van der Waals surface area contributed by atoms with Gasteiger partial charge in [-0.15, -0.1) is 0 Å². The van der Waals surface area contributed by atoms with Crippen molar-refractivity contribution in [2.45, 2.75) is 179 Å². The van der Waals surface area contributed by atoms with E-state index in [-0.39, 0.29) is 61.8 Å². The van der Waals surface area contributed by atoms with Crippen molar-refractivity contribution in [1.82, 2.24) is 10.2 Å². The number of amides is 2. The van der Waals surface area contributed by atoms with E-state index in [9.17, 15) is 44.1 Å². The van der Waals surface area contributed by atoms with E-state index < -0.39 is 101 Å². The molecule has 4 aliphatic rings. The molecule has 69 heavy (non-hydrogen) atoms. The Balaban J connectivity index is 1.72. The summed E-state index contributed by atoms with van der Waals surface area (Å²) in [7, 11) is 2.75. The Kier molecular flexibility index (Phi) is 21.8. The number of nitrogens with one attached hydrogen (secondary N) is 1. The predicted octanol–water partition coefficient (Wildman–Crippen LogP) is 5.25. The van der Waals surface area contributed by atoms with Gasteiger partial charge in [-0.25, -0.2) is 9.59 Å². The first-order valence-corrected chi connectivity index (χ1v) is 24.4. The Morgan fingerprint density at radius 2 is 1.70 bits per heavy atom. The van der Waals surface area contributed by atoms with E-state index in [1.165, 1.54) is 27.2 Å². The normalized spacial score (nSPS) is 38.4. The van der Waals surface area contributed by atoms with Crippen LogP contribution in [0.4, 0.5) is 4.79 Å². The molecule has 2 saturated heterocycles. The van der Waals surface area contributed by atoms with Gasteiger partial charge in [0.05, 0.1) is 31.4 Å². The number of azide groups is 1. The average Bonchev–Trinajstić information content (AvgIpc) is 3.33. The molecule has 1 aliphatic carbocycles. The van der Waals surface area contributed by atoms with Crippen molar-refractivity contribution >= 4 is 35.3 Å². The third-order valence-corrected chi connectivity index (χ3v) is 14.4. The summed E-state index contributed by atoms with van der Waals surface area (Å²) >= 11 is 0. The molecule has 3 aliphatic heterocycles. The largest absolute Gasteiger partial charge is 0.459 e. The molecule has 2 unspecified atom stereocenters. The van der Waals surface area contributed by atoms with Gasteiger partial charge in [0.25, 0.3) is 11.7 Å². The number of Topliss-reactive ketones (excluding diaryl/α,β-unsaturated/α-hetero) is 3. The number of aliphatic hydroxyl groups is 3. The molecular formula is C50H76N6O13. The molecule has 0 aromatic carbocycles. The lowest BCUT2D eigenvalue weighted by Gasteiger charge is -2.43. The van der Waals surface area contributed by atoms with Crippen LogP contribution in [0.15, 0.2) is 52.7 Å². The summed E-state index contributed by atoms with van der Waals surface area (Å²) in [5.41, 5.74) is 16.8. The molecule has 19 nitrogen and oxygen atoms in total. The average molecular weight is 969 g/mol. The molecule has 6 N–H and O–H groups in total. The van der Waals surface area contributed by atoms with Crippen LogP contribution in [0.2, 0.25) is 0 Å². The number of hydrogen-bond acceptors (Lipinski definition) is 15. The quantitative estimate of drug-likeness (QED) is 0.0568. The maximum atomic E-state index is 14.4. The Hall–Kier alpha value is -4.75. The number of allylic oxidation sites excluding steroid dienone is 6. The first-order chi connectivity index (χ1) is 32.6. The second-order valence-corrected chi connectivity index (χ2v) is 19.7. The highest BCUT2D eigenvalue weighted by Crippen LogP contribution is 2.37. The molecule has 4 rings (SSSR count). The van der Waals surface area contributed by atoms with Crippen molar-refractivity contribution in [3.05, 3.63) is 58.0 Å². The second kappa shape index (κ2) is 26.5. The zero-order valence-corrected chi connectivity index (χ0v) is 41.5. The predicted molar refractivity (Wildman–Crippen MR) is 255 cm³/mol. The van der Waals surface area contributed by atoms with E-state index in [1.54, 1.807) is 52.0 Å². The first kappa shape index (κ1) is 56.8. The van der Waals surface area contributed by atoms with Crippen LogP contribution < -0.4 is 11.1 Å². The number of carbonyl (C=O) groups excluding carboxylic acids is 6. The number of rotatable bonds is 6. The van der Waals surface area contributed by atoms with Gasteiger partial charge in [0, 0.05) is 48.8 Å². The molecule has 19 heteroatoms. The summed E-state index contributed by atoms with van der Waals surface area (Å²) in [6, 6.07) is -3.22. The highest BCUT2D eigenvalue weighted by atomic mass is 16.6. The fourth-order valence-electron chi connectivity index (χ4n) is 10.00. The number of carbonyl (C=O) groups is 6. The molecule has 3 heterocycles. The van der Waals surface area contributed by atoms with E-state index in [1.807, 2.05) is 13.0 Å². The lowest BCUT2D eigenvalue weighted by atomic mass is 9.79. The molecule has 1 saturated carbocycles. The van der Waals surface area contributed by atoms with E-state index in [4.69, 9.17) is 30.2 Å². The highest BCUT2D eigenvalue weighted by Gasteiger charge is 2.53. The zero-order valence-electron chi connectivity index (χ0n) is 41.5. The fourth-order valence-corrected chi connectivity index (χ4v) is 10.00. The monoisotopic (exact) mass is 969 g/mol. The van der Waals surface area contributed by atoms with Gasteiger partial charge >= 0.3 is 12.1 Å². The van der Waals surface area contributed by atoms with Crippen molar-refractivity contribution in [2.24, 2.45) is 40.4 Å². The van der Waals surface area contributed by atoms with Crippen LogP contribution in [0.1, 0.15) is 119 Å². The van der Waals surface area contributed by atoms with Gasteiger partial charge in [0.1, 0.15) is 30.1 Å². The van der Waals surface area contributed by atoms with Crippen LogP contribution in [0.5, 0.6) is 0 Å². The van der Waals surface area contributed by atoms with Crippen LogP contribution in [-0.4, -0.2) is 137 Å². The SMILES string of the molecule is COC(=O)NC1C[C@@H]2CC[C@@H](C)[C@@](O)(O2)C(=O)C(=O)N2CCCC[C@H]2C(=O)O[C@H]([C@H](N)C[C@@H]2CCC(N=[N+]=[N-])[C@H](OC)C2)CC(=O)[C@H](C)/C=C(\C)[C@@H](O)[C@@H](O)C(=O)[C@H](C)C[C@H](C)/C=C/C=C/C=C/1C. The van der Waals surface area contributed by atoms with Crippen molar-refractivity contribution in [3.8, 4) is 0 Å². The van der Waals surface area contributed by atoms with Crippen LogP contribution in [0.25, 0.3) is 10.4 Å². The Morgan fingerprint density at radius 1 is 0.971 bits per heavy atom. The zero-order chi connectivity index (χ0) is 51.2. The van der Waals surface area contributed by atoms with E-state index >= 15 is 0 Å². The van der Waals surface area contributed by atoms with Crippen LogP contribution in [-0.2, 0) is 42.9 Å². The number of esters is 1. The van der Waals surface area contributed by atoms with Crippen molar-refractivity contribution in [1.29, 1.82) is 0 Å². The molecular weight excluding hydrogens is 893 g/mol. The van der Waals surface area contributed by atoms with E-state index in [0.29, 0.717) is 56.9 Å². The van der Waals surface area contributed by atoms with Crippen LogP contribution in [0, 0.1) is 29.6 Å². The smallest absolute Gasteiger partial charge is 0.407 e. The molecule has 2 amide bonds. The summed E-state index contributed by atoms with van der Waals surface area (Å²) in [5, 5.41) is 40.8. The molecule has 0 aromatic heterocycles. The number of ether oxygens (including phenoxy) is 4. The van der Waals surface area contributed by atoms with Crippen molar-refractivity contribution in [3.63, 3.8) is 0 Å². The second-order valence-electron chi connectivity index (χ2n) is 19.7. The van der Waals surface area contributed by atoms with Gasteiger partial charge in [-0.1, -0.05) is 74.8 Å². The third-order valence-electron chi connectivity index (χ3n) is 14.4. The number of aliphatic hydroxyl groups excluding tert-OH is 2. The molecule has 0 aromatic rings. The Morgan fingerprint density at radius 3 is 2.38 bits per heavy atom. The number of cyclic esters (lactones) is 1. The molecule has 384 valence electrons. The minimum atomic E-state index is -2.56. The summed E-state index contributed by atoms with van der Waals surface area (Å²) < 4.78 is 22.8.